The first-order valence-corrected chi connectivity index (χ1v) is 16.0. The topological polar surface area (TPSA) is 61.8 Å². The Morgan fingerprint density at radius 1 is 1.09 bits per heavy atom. The summed E-state index contributed by atoms with van der Waals surface area (Å²) in [5.74, 6) is -2.93. The van der Waals surface area contributed by atoms with Gasteiger partial charge in [0, 0.05) is 31.4 Å². The molecule has 4 atom stereocenters. The maximum absolute atomic E-state index is 16.7. The SMILES string of the molecule is C=C(F)C(=O)N1CCC2[C@H]1CN2c1nc(OC[C@@]23CCCN2C[C@H](F)C3)nc2c(F)c(-c3cccc4c3CCCC4)c(F)cc12. The van der Waals surface area contributed by atoms with E-state index in [1.54, 1.807) is 6.07 Å². The van der Waals surface area contributed by atoms with Crippen LogP contribution < -0.4 is 9.64 Å². The molecule has 0 spiro atoms. The summed E-state index contributed by atoms with van der Waals surface area (Å²) < 4.78 is 67.1. The third-order valence-electron chi connectivity index (χ3n) is 10.8. The molecule has 45 heavy (non-hydrogen) atoms. The monoisotopic (exact) mass is 621 g/mol. The second kappa shape index (κ2) is 10.7. The Hall–Kier alpha value is -3.73. The molecule has 0 N–H and O–H groups in total. The van der Waals surface area contributed by atoms with Crippen molar-refractivity contribution in [1.82, 2.24) is 19.8 Å². The first-order chi connectivity index (χ1) is 21.7. The molecule has 236 valence electrons. The number of rotatable bonds is 6. The number of halogens is 4. The van der Waals surface area contributed by atoms with Gasteiger partial charge in [-0.1, -0.05) is 24.8 Å². The molecule has 1 amide bonds. The van der Waals surface area contributed by atoms with Gasteiger partial charge in [0.25, 0.3) is 5.91 Å². The Morgan fingerprint density at radius 3 is 2.78 bits per heavy atom. The van der Waals surface area contributed by atoms with Crippen LogP contribution in [0.25, 0.3) is 22.0 Å². The lowest BCUT2D eigenvalue weighted by Gasteiger charge is -2.47. The molecule has 5 heterocycles. The molecule has 0 bridgehead atoms. The lowest BCUT2D eigenvalue weighted by atomic mass is 9.85. The summed E-state index contributed by atoms with van der Waals surface area (Å²) in [6.07, 6.45) is 5.30. The molecule has 4 aliphatic heterocycles. The Labute approximate surface area is 258 Å². The molecule has 0 radical (unpaired) electrons. The highest BCUT2D eigenvalue weighted by Gasteiger charge is 2.51. The van der Waals surface area contributed by atoms with Gasteiger partial charge in [-0.25, -0.2) is 17.6 Å². The van der Waals surface area contributed by atoms with Gasteiger partial charge < -0.3 is 14.5 Å². The summed E-state index contributed by atoms with van der Waals surface area (Å²) in [6, 6.07) is 6.39. The zero-order valence-electron chi connectivity index (χ0n) is 25.0. The number of aryl methyl sites for hydroxylation is 1. The van der Waals surface area contributed by atoms with E-state index < -0.39 is 35.1 Å². The maximum atomic E-state index is 16.7. The van der Waals surface area contributed by atoms with Crippen molar-refractivity contribution >= 4 is 22.6 Å². The Balaban J connectivity index is 1.21. The van der Waals surface area contributed by atoms with E-state index in [1.165, 1.54) is 11.0 Å². The summed E-state index contributed by atoms with van der Waals surface area (Å²) in [4.78, 5) is 27.1. The molecule has 8 rings (SSSR count). The Morgan fingerprint density at radius 2 is 1.93 bits per heavy atom. The van der Waals surface area contributed by atoms with Crippen LogP contribution in [0, 0.1) is 11.6 Å². The van der Waals surface area contributed by atoms with Crippen LogP contribution in [0.4, 0.5) is 23.4 Å². The molecule has 1 aliphatic carbocycles. The minimum atomic E-state index is -1.01. The average Bonchev–Trinajstić information content (AvgIpc) is 3.65. The van der Waals surface area contributed by atoms with Crippen molar-refractivity contribution in [2.24, 2.45) is 0 Å². The van der Waals surface area contributed by atoms with E-state index in [4.69, 9.17) is 4.74 Å². The molecular weight excluding hydrogens is 586 g/mol. The highest BCUT2D eigenvalue weighted by molar-refractivity contribution is 5.95. The van der Waals surface area contributed by atoms with Crippen LogP contribution in [0.1, 0.15) is 49.7 Å². The number of likely N-dealkylation sites (tertiary alicyclic amines) is 1. The highest BCUT2D eigenvalue weighted by Crippen LogP contribution is 2.44. The van der Waals surface area contributed by atoms with E-state index in [0.29, 0.717) is 43.9 Å². The van der Waals surface area contributed by atoms with Gasteiger partial charge in [-0.2, -0.15) is 9.97 Å². The quantitative estimate of drug-likeness (QED) is 0.261. The molecule has 2 aromatic carbocycles. The fraction of sp³-hybridized carbons (Fsp3) is 0.500. The van der Waals surface area contributed by atoms with Gasteiger partial charge in [0.2, 0.25) is 0 Å². The lowest BCUT2D eigenvalue weighted by molar-refractivity contribution is -0.130. The number of anilines is 1. The second-order valence-corrected chi connectivity index (χ2v) is 13.3. The number of carbonyl (C=O) groups excluding carboxylic acids is 1. The van der Waals surface area contributed by atoms with Crippen molar-refractivity contribution in [2.45, 2.75) is 75.2 Å². The summed E-state index contributed by atoms with van der Waals surface area (Å²) >= 11 is 0. The number of hydrogen-bond donors (Lipinski definition) is 0. The molecule has 4 saturated heterocycles. The van der Waals surface area contributed by atoms with Crippen LogP contribution >= 0.6 is 0 Å². The van der Waals surface area contributed by atoms with Crippen molar-refractivity contribution in [2.75, 3.05) is 37.7 Å². The fourth-order valence-corrected chi connectivity index (χ4v) is 8.62. The van der Waals surface area contributed by atoms with E-state index >= 15 is 8.78 Å². The number of alkyl halides is 1. The van der Waals surface area contributed by atoms with Gasteiger partial charge in [-0.05, 0) is 74.2 Å². The van der Waals surface area contributed by atoms with Crippen LogP contribution in [0.5, 0.6) is 6.01 Å². The van der Waals surface area contributed by atoms with Crippen LogP contribution in [0.2, 0.25) is 0 Å². The van der Waals surface area contributed by atoms with Crippen molar-refractivity contribution < 1.29 is 27.1 Å². The predicted molar refractivity (Wildman–Crippen MR) is 162 cm³/mol. The van der Waals surface area contributed by atoms with Crippen LogP contribution in [0.3, 0.4) is 0 Å². The summed E-state index contributed by atoms with van der Waals surface area (Å²) in [7, 11) is 0. The standard InChI is InChI=1S/C34H35F4N5O2/c1-19(35)32(44)42-13-10-26-27(42)17-43(26)31-24-14-25(37)28(23-9-4-7-20-6-2-3-8-22(20)23)29(38)30(24)39-33(40-31)45-18-34-11-5-12-41(34)16-21(36)15-34/h4,7,9,14,21,26-27H,1-3,5-6,8,10-13,15-18H2/t21-,26?,27-,34+/m1/s1. The molecule has 1 unspecified atom stereocenters. The molecule has 5 aliphatic rings. The third-order valence-corrected chi connectivity index (χ3v) is 10.8. The molecular formula is C34H35F4N5O2. The molecule has 3 aromatic rings. The molecule has 7 nitrogen and oxygen atoms in total. The zero-order valence-corrected chi connectivity index (χ0v) is 25.0. The molecule has 4 fully saturated rings. The van der Waals surface area contributed by atoms with Gasteiger partial charge >= 0.3 is 6.01 Å². The number of aromatic nitrogens is 2. The molecule has 1 aromatic heterocycles. The Kier molecular flexibility index (Phi) is 6.81. The normalized spacial score (nSPS) is 27.3. The smallest absolute Gasteiger partial charge is 0.319 e. The first kappa shape index (κ1) is 28.7. The van der Waals surface area contributed by atoms with E-state index in [1.807, 2.05) is 17.0 Å². The minimum Gasteiger partial charge on any atom is -0.461 e. The predicted octanol–water partition coefficient (Wildman–Crippen LogP) is 5.68. The number of benzene rings is 2. The second-order valence-electron chi connectivity index (χ2n) is 13.3. The first-order valence-electron chi connectivity index (χ1n) is 16.0. The average molecular weight is 622 g/mol. The van der Waals surface area contributed by atoms with E-state index in [-0.39, 0.29) is 41.2 Å². The maximum Gasteiger partial charge on any atom is 0.319 e. The third kappa shape index (κ3) is 4.52. The van der Waals surface area contributed by atoms with Crippen molar-refractivity contribution in [1.29, 1.82) is 0 Å². The van der Waals surface area contributed by atoms with Crippen molar-refractivity contribution in [3.05, 3.63) is 59.4 Å². The van der Waals surface area contributed by atoms with Gasteiger partial charge in [0.1, 0.15) is 29.9 Å². The largest absolute Gasteiger partial charge is 0.461 e. The van der Waals surface area contributed by atoms with Gasteiger partial charge in [0.05, 0.1) is 23.2 Å². The van der Waals surface area contributed by atoms with Gasteiger partial charge in [-0.3, -0.25) is 9.69 Å². The summed E-state index contributed by atoms with van der Waals surface area (Å²) in [5.41, 5.74) is 1.97. The minimum absolute atomic E-state index is 0.0538. The fourth-order valence-electron chi connectivity index (χ4n) is 8.62. The number of nitrogens with zero attached hydrogens (tertiary/aromatic N) is 5. The number of amides is 1. The molecule has 11 heteroatoms. The van der Waals surface area contributed by atoms with E-state index in [0.717, 1.165) is 56.2 Å². The number of fused-ring (bicyclic) bond motifs is 4. The van der Waals surface area contributed by atoms with Crippen LogP contribution in [-0.2, 0) is 17.6 Å². The van der Waals surface area contributed by atoms with Crippen LogP contribution in [-0.4, -0.2) is 82.3 Å². The summed E-state index contributed by atoms with van der Waals surface area (Å²) in [5, 5.41) is 0.203. The van der Waals surface area contributed by atoms with Crippen molar-refractivity contribution in [3.63, 3.8) is 0 Å². The van der Waals surface area contributed by atoms with Crippen molar-refractivity contribution in [3.8, 4) is 17.1 Å². The molecule has 0 saturated carbocycles. The zero-order chi connectivity index (χ0) is 31.0. The summed E-state index contributed by atoms with van der Waals surface area (Å²) in [6.45, 7) is 5.13. The van der Waals surface area contributed by atoms with Gasteiger partial charge in [-0.15, -0.1) is 0 Å². The van der Waals surface area contributed by atoms with Gasteiger partial charge in [0.15, 0.2) is 11.6 Å². The van der Waals surface area contributed by atoms with E-state index in [2.05, 4.69) is 21.4 Å². The number of hydrogen-bond acceptors (Lipinski definition) is 6. The number of carbonyl (C=O) groups is 1. The lowest BCUT2D eigenvalue weighted by Crippen LogP contribution is -2.63. The van der Waals surface area contributed by atoms with Crippen LogP contribution in [0.15, 0.2) is 36.7 Å². The highest BCUT2D eigenvalue weighted by atomic mass is 19.1. The number of ether oxygens (including phenoxy) is 1. The Bertz CT molecular complexity index is 1730. The van der Waals surface area contributed by atoms with E-state index in [9.17, 15) is 13.6 Å².